The van der Waals surface area contributed by atoms with E-state index in [-0.39, 0.29) is 12.5 Å². The zero-order valence-corrected chi connectivity index (χ0v) is 11.0. The molecule has 1 saturated carbocycles. The molecule has 17 heavy (non-hydrogen) atoms. The molecule has 1 aliphatic rings. The topological polar surface area (TPSA) is 63.3 Å². The molecule has 1 aliphatic carbocycles. The van der Waals surface area contributed by atoms with Gasteiger partial charge < -0.3 is 10.8 Å². The van der Waals surface area contributed by atoms with Gasteiger partial charge in [0, 0.05) is 6.54 Å². The first-order valence-electron chi connectivity index (χ1n) is 7.06. The van der Waals surface area contributed by atoms with Crippen molar-refractivity contribution in [3.05, 3.63) is 0 Å². The molecule has 0 heterocycles. The Morgan fingerprint density at radius 2 is 1.94 bits per heavy atom. The van der Waals surface area contributed by atoms with Crippen molar-refractivity contribution < 1.29 is 9.90 Å². The lowest BCUT2D eigenvalue weighted by Crippen LogP contribution is -2.24. The summed E-state index contributed by atoms with van der Waals surface area (Å²) in [6.07, 6.45) is 9.95. The fourth-order valence-corrected chi connectivity index (χ4v) is 2.94. The van der Waals surface area contributed by atoms with Crippen molar-refractivity contribution in [2.75, 3.05) is 6.54 Å². The summed E-state index contributed by atoms with van der Waals surface area (Å²) in [5.74, 6) is 0.451. The molecule has 100 valence electrons. The molecule has 0 spiro atoms. The predicted molar refractivity (Wildman–Crippen MR) is 69.8 cm³/mol. The van der Waals surface area contributed by atoms with Gasteiger partial charge in [0.25, 0.3) is 0 Å². The number of carbonyl (C=O) groups is 1. The van der Waals surface area contributed by atoms with Gasteiger partial charge in [0.05, 0.1) is 5.92 Å². The smallest absolute Gasteiger partial charge is 0.307 e. The average molecular weight is 241 g/mol. The van der Waals surface area contributed by atoms with E-state index in [1.165, 1.54) is 38.5 Å². The van der Waals surface area contributed by atoms with E-state index in [2.05, 4.69) is 6.92 Å². The van der Waals surface area contributed by atoms with Gasteiger partial charge in [0.15, 0.2) is 0 Å². The van der Waals surface area contributed by atoms with Gasteiger partial charge in [-0.05, 0) is 31.1 Å². The number of carboxylic acids is 1. The zero-order valence-electron chi connectivity index (χ0n) is 11.0. The molecule has 0 aliphatic heterocycles. The summed E-state index contributed by atoms with van der Waals surface area (Å²) in [7, 11) is 0. The summed E-state index contributed by atoms with van der Waals surface area (Å²) in [6, 6.07) is 0. The van der Waals surface area contributed by atoms with Gasteiger partial charge in [-0.3, -0.25) is 4.79 Å². The van der Waals surface area contributed by atoms with Crippen molar-refractivity contribution in [2.24, 2.45) is 23.5 Å². The Hall–Kier alpha value is -0.570. The van der Waals surface area contributed by atoms with Crippen molar-refractivity contribution in [3.63, 3.8) is 0 Å². The minimum Gasteiger partial charge on any atom is -0.481 e. The predicted octanol–water partition coefficient (Wildman–Crippen LogP) is 3.03. The van der Waals surface area contributed by atoms with Crippen LogP contribution in [0.5, 0.6) is 0 Å². The highest BCUT2D eigenvalue weighted by Crippen LogP contribution is 2.30. The maximum atomic E-state index is 10.9. The van der Waals surface area contributed by atoms with Crippen LogP contribution in [0.3, 0.4) is 0 Å². The molecular formula is C14H27NO2. The quantitative estimate of drug-likeness (QED) is 0.720. The van der Waals surface area contributed by atoms with Gasteiger partial charge in [0.1, 0.15) is 0 Å². The third-order valence-electron chi connectivity index (χ3n) is 4.10. The number of hydrogen-bond donors (Lipinski definition) is 2. The van der Waals surface area contributed by atoms with Crippen LogP contribution in [0.2, 0.25) is 0 Å². The van der Waals surface area contributed by atoms with Crippen LogP contribution in [0.1, 0.15) is 58.3 Å². The van der Waals surface area contributed by atoms with Gasteiger partial charge >= 0.3 is 5.97 Å². The average Bonchev–Trinajstić information content (AvgIpc) is 2.30. The number of aliphatic carboxylic acids is 1. The highest BCUT2D eigenvalue weighted by molar-refractivity contribution is 5.70. The molecule has 0 aromatic heterocycles. The highest BCUT2D eigenvalue weighted by Gasteiger charge is 2.19. The van der Waals surface area contributed by atoms with Crippen molar-refractivity contribution >= 4 is 5.97 Å². The van der Waals surface area contributed by atoms with Gasteiger partial charge in [-0.15, -0.1) is 0 Å². The molecule has 2 unspecified atom stereocenters. The van der Waals surface area contributed by atoms with Crippen LogP contribution < -0.4 is 5.73 Å². The first-order valence-corrected chi connectivity index (χ1v) is 7.06. The maximum Gasteiger partial charge on any atom is 0.307 e. The lowest BCUT2D eigenvalue weighted by molar-refractivity contribution is -0.141. The van der Waals surface area contributed by atoms with E-state index in [1.54, 1.807) is 0 Å². The summed E-state index contributed by atoms with van der Waals surface area (Å²) in [6.45, 7) is 2.52. The van der Waals surface area contributed by atoms with E-state index in [4.69, 9.17) is 10.8 Å². The van der Waals surface area contributed by atoms with Gasteiger partial charge in [-0.1, -0.05) is 39.0 Å². The molecule has 3 N–H and O–H groups in total. The number of carboxylic acid groups (broad SMARTS) is 1. The minimum atomic E-state index is -0.739. The molecule has 3 nitrogen and oxygen atoms in total. The van der Waals surface area contributed by atoms with E-state index in [0.717, 1.165) is 18.8 Å². The van der Waals surface area contributed by atoms with Crippen molar-refractivity contribution in [1.29, 1.82) is 0 Å². The molecule has 0 bridgehead atoms. The molecule has 0 aromatic carbocycles. The first kappa shape index (κ1) is 14.5. The Morgan fingerprint density at radius 3 is 2.47 bits per heavy atom. The maximum absolute atomic E-state index is 10.9. The van der Waals surface area contributed by atoms with Gasteiger partial charge in [-0.25, -0.2) is 0 Å². The van der Waals surface area contributed by atoms with Crippen LogP contribution in [-0.2, 0) is 4.79 Å². The molecule has 1 fully saturated rings. The molecule has 0 amide bonds. The van der Waals surface area contributed by atoms with E-state index < -0.39 is 5.97 Å². The van der Waals surface area contributed by atoms with Crippen molar-refractivity contribution in [3.8, 4) is 0 Å². The Balaban J connectivity index is 2.19. The summed E-state index contributed by atoms with van der Waals surface area (Å²) < 4.78 is 0. The standard InChI is InChI=1S/C14H27NO2/c1-11(7-8-13(10-15)14(16)17)9-12-5-3-2-4-6-12/h11-13H,2-10,15H2,1H3,(H,16,17). The second-order valence-electron chi connectivity index (χ2n) is 5.69. The van der Waals surface area contributed by atoms with E-state index in [0.29, 0.717) is 5.92 Å². The first-order chi connectivity index (χ1) is 8.13. The number of rotatable bonds is 7. The minimum absolute atomic E-state index is 0.269. The van der Waals surface area contributed by atoms with Crippen molar-refractivity contribution in [1.82, 2.24) is 0 Å². The lowest BCUT2D eigenvalue weighted by Gasteiger charge is -2.25. The molecule has 2 atom stereocenters. The third-order valence-corrected chi connectivity index (χ3v) is 4.10. The molecule has 3 heteroatoms. The summed E-state index contributed by atoms with van der Waals surface area (Å²) >= 11 is 0. The molecule has 0 saturated heterocycles. The Bertz CT molecular complexity index is 224. The molecule has 1 rings (SSSR count). The third kappa shape index (κ3) is 5.53. The lowest BCUT2D eigenvalue weighted by atomic mass is 9.81. The highest BCUT2D eigenvalue weighted by atomic mass is 16.4. The largest absolute Gasteiger partial charge is 0.481 e. The van der Waals surface area contributed by atoms with Crippen molar-refractivity contribution in [2.45, 2.75) is 58.3 Å². The van der Waals surface area contributed by atoms with Crippen LogP contribution in [0.15, 0.2) is 0 Å². The SMILES string of the molecule is CC(CCC(CN)C(=O)O)CC1CCCCC1. The number of hydrogen-bond acceptors (Lipinski definition) is 2. The zero-order chi connectivity index (χ0) is 12.7. The van der Waals surface area contributed by atoms with Crippen LogP contribution in [0.4, 0.5) is 0 Å². The van der Waals surface area contributed by atoms with Gasteiger partial charge in [0.2, 0.25) is 0 Å². The van der Waals surface area contributed by atoms with Crippen LogP contribution in [0.25, 0.3) is 0 Å². The van der Waals surface area contributed by atoms with Crippen LogP contribution in [-0.4, -0.2) is 17.6 Å². The van der Waals surface area contributed by atoms with Crippen LogP contribution in [0, 0.1) is 17.8 Å². The van der Waals surface area contributed by atoms with Gasteiger partial charge in [-0.2, -0.15) is 0 Å². The monoisotopic (exact) mass is 241 g/mol. The second kappa shape index (κ2) is 7.70. The van der Waals surface area contributed by atoms with E-state index in [9.17, 15) is 4.79 Å². The Morgan fingerprint density at radius 1 is 1.29 bits per heavy atom. The molecule has 0 radical (unpaired) electrons. The molecular weight excluding hydrogens is 214 g/mol. The Kier molecular flexibility index (Phi) is 6.56. The van der Waals surface area contributed by atoms with E-state index >= 15 is 0 Å². The number of nitrogens with two attached hydrogens (primary N) is 1. The fourth-order valence-electron chi connectivity index (χ4n) is 2.94. The second-order valence-corrected chi connectivity index (χ2v) is 5.69. The summed E-state index contributed by atoms with van der Waals surface area (Å²) in [5, 5.41) is 8.93. The molecule has 0 aromatic rings. The normalized spacial score (nSPS) is 21.1. The Labute approximate surface area is 105 Å². The summed E-state index contributed by atoms with van der Waals surface area (Å²) in [4.78, 5) is 10.9. The van der Waals surface area contributed by atoms with Crippen LogP contribution >= 0.6 is 0 Å². The van der Waals surface area contributed by atoms with E-state index in [1.807, 2.05) is 0 Å². The fraction of sp³-hybridized carbons (Fsp3) is 0.929. The summed E-state index contributed by atoms with van der Waals surface area (Å²) in [5.41, 5.74) is 5.46.